The van der Waals surface area contributed by atoms with Crippen molar-refractivity contribution in [2.75, 3.05) is 5.32 Å². The van der Waals surface area contributed by atoms with E-state index in [1.54, 1.807) is 0 Å². The lowest BCUT2D eigenvalue weighted by Gasteiger charge is -2.21. The Morgan fingerprint density at radius 1 is 1.55 bits per heavy atom. The van der Waals surface area contributed by atoms with Gasteiger partial charge in [0, 0.05) is 17.9 Å². The van der Waals surface area contributed by atoms with Gasteiger partial charge in [0.1, 0.15) is 0 Å². The van der Waals surface area contributed by atoms with Crippen molar-refractivity contribution in [2.45, 2.75) is 26.7 Å². The third-order valence-corrected chi connectivity index (χ3v) is 3.38. The van der Waals surface area contributed by atoms with Crippen molar-refractivity contribution >= 4 is 35.2 Å². The van der Waals surface area contributed by atoms with Gasteiger partial charge in [-0.2, -0.15) is 5.10 Å². The van der Waals surface area contributed by atoms with Gasteiger partial charge in [-0.3, -0.25) is 9.59 Å². The first-order chi connectivity index (χ1) is 9.51. The Bertz CT molecular complexity index is 584. The minimum absolute atomic E-state index is 0.00629. The Labute approximate surface area is 123 Å². The molecular formula is C14H17N3O2S. The molecule has 20 heavy (non-hydrogen) atoms. The third kappa shape index (κ3) is 3.19. The maximum Gasteiger partial charge on any atom is 0.280 e. The number of hydrogen-bond acceptors (Lipinski definition) is 3. The summed E-state index contributed by atoms with van der Waals surface area (Å²) in [4.78, 5) is 22.5. The fraction of sp³-hybridized carbons (Fsp3) is 0.357. The number of aryl methyl sites for hydroxylation is 1. The van der Waals surface area contributed by atoms with E-state index in [1.165, 1.54) is 0 Å². The lowest BCUT2D eigenvalue weighted by molar-refractivity contribution is -0.121. The van der Waals surface area contributed by atoms with Crippen molar-refractivity contribution in [1.82, 2.24) is 5.43 Å². The van der Waals surface area contributed by atoms with Crippen LogP contribution in [0.5, 0.6) is 0 Å². The Morgan fingerprint density at radius 2 is 2.30 bits per heavy atom. The lowest BCUT2D eigenvalue weighted by atomic mass is 9.92. The first-order valence-electron chi connectivity index (χ1n) is 6.51. The molecule has 5 nitrogen and oxygen atoms in total. The SMILES string of the molecule is CCc1ccc(C2=NNC(=O)CC2C)c(NC(=O)S)c1. The number of nitrogens with zero attached hydrogens (tertiary/aromatic N) is 1. The molecule has 0 spiro atoms. The maximum absolute atomic E-state index is 11.3. The number of hydrazone groups is 1. The van der Waals surface area contributed by atoms with Gasteiger partial charge in [-0.15, -0.1) is 0 Å². The van der Waals surface area contributed by atoms with Gasteiger partial charge in [0.2, 0.25) is 5.91 Å². The van der Waals surface area contributed by atoms with Crippen LogP contribution in [-0.4, -0.2) is 16.9 Å². The lowest BCUT2D eigenvalue weighted by Crippen LogP contribution is -2.32. The van der Waals surface area contributed by atoms with Crippen LogP contribution in [0, 0.1) is 5.92 Å². The summed E-state index contributed by atoms with van der Waals surface area (Å²) in [6.45, 7) is 3.99. The summed E-state index contributed by atoms with van der Waals surface area (Å²) >= 11 is 3.76. The molecule has 1 aliphatic rings. The van der Waals surface area contributed by atoms with Crippen LogP contribution in [0.4, 0.5) is 10.5 Å². The van der Waals surface area contributed by atoms with Crippen molar-refractivity contribution in [3.05, 3.63) is 29.3 Å². The number of amides is 2. The Balaban J connectivity index is 2.44. The molecule has 1 aliphatic heterocycles. The van der Waals surface area contributed by atoms with Crippen molar-refractivity contribution in [2.24, 2.45) is 11.0 Å². The minimum atomic E-state index is -0.424. The van der Waals surface area contributed by atoms with Crippen LogP contribution >= 0.6 is 12.6 Å². The molecule has 2 rings (SSSR count). The van der Waals surface area contributed by atoms with Crippen molar-refractivity contribution < 1.29 is 9.59 Å². The van der Waals surface area contributed by atoms with Gasteiger partial charge in [0.15, 0.2) is 0 Å². The number of thiol groups is 1. The third-order valence-electron chi connectivity index (χ3n) is 3.27. The first-order valence-corrected chi connectivity index (χ1v) is 6.95. The van der Waals surface area contributed by atoms with Crippen LogP contribution in [0.25, 0.3) is 0 Å². The molecule has 0 aromatic heterocycles. The highest BCUT2D eigenvalue weighted by Crippen LogP contribution is 2.25. The highest BCUT2D eigenvalue weighted by atomic mass is 32.1. The zero-order valence-corrected chi connectivity index (χ0v) is 12.3. The van der Waals surface area contributed by atoms with Crippen LogP contribution in [0.2, 0.25) is 0 Å². The standard InChI is InChI=1S/C14H17N3O2S/c1-3-9-4-5-10(11(7-9)15-14(19)20)13-8(2)6-12(18)16-17-13/h4-5,7-8H,3,6H2,1-2H3,(H,16,18)(H2,15,19,20). The molecule has 0 fully saturated rings. The van der Waals surface area contributed by atoms with Crippen molar-refractivity contribution in [3.8, 4) is 0 Å². The van der Waals surface area contributed by atoms with E-state index in [4.69, 9.17) is 0 Å². The fourth-order valence-corrected chi connectivity index (χ4v) is 2.35. The molecule has 0 saturated heterocycles. The average Bonchev–Trinajstić information content (AvgIpc) is 2.38. The van der Waals surface area contributed by atoms with Crippen molar-refractivity contribution in [3.63, 3.8) is 0 Å². The van der Waals surface area contributed by atoms with Crippen LogP contribution < -0.4 is 10.7 Å². The smallest absolute Gasteiger partial charge is 0.280 e. The molecule has 2 N–H and O–H groups in total. The molecule has 2 amide bonds. The van der Waals surface area contributed by atoms with Gasteiger partial charge < -0.3 is 5.32 Å². The number of benzene rings is 1. The first kappa shape index (κ1) is 14.6. The highest BCUT2D eigenvalue weighted by molar-refractivity contribution is 7.96. The van der Waals surface area contributed by atoms with Gasteiger partial charge in [0.25, 0.3) is 5.24 Å². The second-order valence-electron chi connectivity index (χ2n) is 4.80. The number of nitrogens with one attached hydrogen (secondary N) is 2. The number of hydrogen-bond donors (Lipinski definition) is 3. The zero-order chi connectivity index (χ0) is 14.7. The van der Waals surface area contributed by atoms with Gasteiger partial charge in [-0.25, -0.2) is 5.43 Å². The van der Waals surface area contributed by atoms with E-state index in [9.17, 15) is 9.59 Å². The quantitative estimate of drug-likeness (QED) is 0.749. The molecule has 106 valence electrons. The summed E-state index contributed by atoms with van der Waals surface area (Å²) in [5.74, 6) is -0.0852. The highest BCUT2D eigenvalue weighted by Gasteiger charge is 2.23. The van der Waals surface area contributed by atoms with Crippen LogP contribution in [-0.2, 0) is 11.2 Å². The normalized spacial score (nSPS) is 18.2. The molecular weight excluding hydrogens is 274 g/mol. The summed E-state index contributed by atoms with van der Waals surface area (Å²) in [5, 5.41) is 6.41. The summed E-state index contributed by atoms with van der Waals surface area (Å²) in [5.41, 5.74) is 5.85. The van der Waals surface area contributed by atoms with Gasteiger partial charge in [-0.1, -0.05) is 38.6 Å². The largest absolute Gasteiger partial charge is 0.316 e. The van der Waals surface area contributed by atoms with Crippen LogP contribution in [0.1, 0.15) is 31.4 Å². The van der Waals surface area contributed by atoms with E-state index in [0.717, 1.165) is 23.3 Å². The van der Waals surface area contributed by atoms with Crippen LogP contribution in [0.15, 0.2) is 23.3 Å². The Morgan fingerprint density at radius 3 is 2.90 bits per heavy atom. The van der Waals surface area contributed by atoms with E-state index < -0.39 is 5.24 Å². The van der Waals surface area contributed by atoms with E-state index in [-0.39, 0.29) is 11.8 Å². The molecule has 6 heteroatoms. The molecule has 1 unspecified atom stereocenters. The number of carbonyl (C=O) groups is 2. The van der Waals surface area contributed by atoms with E-state index in [1.807, 2.05) is 32.0 Å². The van der Waals surface area contributed by atoms with Crippen LogP contribution in [0.3, 0.4) is 0 Å². The minimum Gasteiger partial charge on any atom is -0.316 e. The van der Waals surface area contributed by atoms with E-state index >= 15 is 0 Å². The molecule has 0 saturated carbocycles. The second kappa shape index (κ2) is 6.09. The predicted molar refractivity (Wildman–Crippen MR) is 82.3 cm³/mol. The maximum atomic E-state index is 11.3. The zero-order valence-electron chi connectivity index (χ0n) is 11.4. The molecule has 0 aliphatic carbocycles. The number of carbonyl (C=O) groups excluding carboxylic acids is 2. The average molecular weight is 291 g/mol. The van der Waals surface area contributed by atoms with Gasteiger partial charge in [0.05, 0.1) is 11.4 Å². The number of rotatable bonds is 3. The summed E-state index contributed by atoms with van der Waals surface area (Å²) < 4.78 is 0. The number of anilines is 1. The Kier molecular flexibility index (Phi) is 4.44. The topological polar surface area (TPSA) is 70.6 Å². The molecule has 0 radical (unpaired) electrons. The van der Waals surface area contributed by atoms with Gasteiger partial charge in [-0.05, 0) is 18.1 Å². The second-order valence-corrected chi connectivity index (χ2v) is 5.21. The summed E-state index contributed by atoms with van der Waals surface area (Å²) in [6.07, 6.45) is 1.26. The molecule has 1 atom stereocenters. The Hall–Kier alpha value is -1.82. The molecule has 1 aromatic carbocycles. The van der Waals surface area contributed by atoms with Gasteiger partial charge >= 0.3 is 0 Å². The van der Waals surface area contributed by atoms with E-state index in [2.05, 4.69) is 28.5 Å². The monoisotopic (exact) mass is 291 g/mol. The molecule has 1 aromatic rings. The molecule has 1 heterocycles. The summed E-state index contributed by atoms with van der Waals surface area (Å²) in [7, 11) is 0. The van der Waals surface area contributed by atoms with E-state index in [0.29, 0.717) is 12.1 Å². The predicted octanol–water partition coefficient (Wildman–Crippen LogP) is 2.57. The van der Waals surface area contributed by atoms with Crippen molar-refractivity contribution in [1.29, 1.82) is 0 Å². The molecule has 0 bridgehead atoms. The fourth-order valence-electron chi connectivity index (χ4n) is 2.23. The summed E-state index contributed by atoms with van der Waals surface area (Å²) in [6, 6.07) is 5.83.